The van der Waals surface area contributed by atoms with E-state index < -0.39 is 16.0 Å². The quantitative estimate of drug-likeness (QED) is 0.694. The Morgan fingerprint density at radius 3 is 2.57 bits per heavy atom. The monoisotopic (exact) mass is 312 g/mol. The van der Waals surface area contributed by atoms with E-state index in [0.29, 0.717) is 12.5 Å². The zero-order valence-electron chi connectivity index (χ0n) is 11.7. The van der Waals surface area contributed by atoms with E-state index in [9.17, 15) is 13.2 Å². The van der Waals surface area contributed by atoms with Crippen molar-refractivity contribution in [3.8, 4) is 0 Å². The first-order valence-corrected chi connectivity index (χ1v) is 8.51. The maximum Gasteiger partial charge on any atom is 0.335 e. The molecule has 0 spiro atoms. The number of rotatable bonds is 6. The van der Waals surface area contributed by atoms with Crippen LogP contribution >= 0.6 is 0 Å². The molecule has 1 aromatic carbocycles. The molecule has 4 N–H and O–H groups in total. The molecular formula is C14H20N2O4S. The van der Waals surface area contributed by atoms with Gasteiger partial charge in [0.15, 0.2) is 0 Å². The molecule has 6 nitrogen and oxygen atoms in total. The zero-order valence-corrected chi connectivity index (χ0v) is 12.5. The van der Waals surface area contributed by atoms with Crippen LogP contribution < -0.4 is 10.5 Å². The molecule has 0 unspecified atom stereocenters. The summed E-state index contributed by atoms with van der Waals surface area (Å²) in [5.41, 5.74) is 5.57. The van der Waals surface area contributed by atoms with Crippen molar-refractivity contribution in [3.05, 3.63) is 23.8 Å². The zero-order chi connectivity index (χ0) is 15.5. The second-order valence-corrected chi connectivity index (χ2v) is 7.13. The molecule has 116 valence electrons. The van der Waals surface area contributed by atoms with Crippen LogP contribution in [-0.2, 0) is 10.0 Å². The van der Waals surface area contributed by atoms with Crippen LogP contribution in [0.1, 0.15) is 42.5 Å². The normalized spacial score (nSPS) is 16.2. The van der Waals surface area contributed by atoms with E-state index in [1.54, 1.807) is 0 Å². The third-order valence-corrected chi connectivity index (χ3v) is 5.40. The highest BCUT2D eigenvalue weighted by Gasteiger charge is 2.20. The van der Waals surface area contributed by atoms with Gasteiger partial charge in [0.2, 0.25) is 10.0 Å². The summed E-state index contributed by atoms with van der Waals surface area (Å²) in [6.45, 7) is 0.382. The van der Waals surface area contributed by atoms with E-state index in [2.05, 4.69) is 4.72 Å². The molecule has 1 aromatic rings. The third kappa shape index (κ3) is 3.95. The number of carboxylic acid groups (broad SMARTS) is 1. The predicted molar refractivity (Wildman–Crippen MR) is 79.6 cm³/mol. The Morgan fingerprint density at radius 2 is 2.00 bits per heavy atom. The molecule has 1 aliphatic carbocycles. The van der Waals surface area contributed by atoms with Crippen molar-refractivity contribution in [2.24, 2.45) is 5.92 Å². The second-order valence-electron chi connectivity index (χ2n) is 5.39. The van der Waals surface area contributed by atoms with Crippen molar-refractivity contribution in [3.63, 3.8) is 0 Å². The smallest absolute Gasteiger partial charge is 0.335 e. The van der Waals surface area contributed by atoms with Gasteiger partial charge in [-0.3, -0.25) is 0 Å². The Bertz CT molecular complexity index is 622. The maximum absolute atomic E-state index is 12.2. The van der Waals surface area contributed by atoms with E-state index in [1.165, 1.54) is 25.0 Å². The minimum absolute atomic E-state index is 0.0302. The van der Waals surface area contributed by atoms with E-state index >= 15 is 0 Å². The topological polar surface area (TPSA) is 109 Å². The highest BCUT2D eigenvalue weighted by atomic mass is 32.2. The molecule has 0 aliphatic heterocycles. The van der Waals surface area contributed by atoms with Crippen LogP contribution in [0.4, 0.5) is 5.69 Å². The summed E-state index contributed by atoms with van der Waals surface area (Å²) in [6.07, 6.45) is 5.60. The highest BCUT2D eigenvalue weighted by Crippen LogP contribution is 2.27. The summed E-state index contributed by atoms with van der Waals surface area (Å²) in [5.74, 6) is -0.542. The van der Waals surface area contributed by atoms with Gasteiger partial charge in [0.05, 0.1) is 11.3 Å². The minimum Gasteiger partial charge on any atom is -0.478 e. The number of hydrogen-bond acceptors (Lipinski definition) is 4. The Hall–Kier alpha value is -1.60. The lowest BCUT2D eigenvalue weighted by Gasteiger charge is -2.12. The Labute approximate surface area is 124 Å². The third-order valence-electron chi connectivity index (χ3n) is 3.87. The van der Waals surface area contributed by atoms with Gasteiger partial charge in [-0.15, -0.1) is 0 Å². The number of benzene rings is 1. The largest absolute Gasteiger partial charge is 0.478 e. The Kier molecular flexibility index (Phi) is 4.84. The van der Waals surface area contributed by atoms with Crippen LogP contribution in [0.2, 0.25) is 0 Å². The first kappa shape index (κ1) is 15.8. The van der Waals surface area contributed by atoms with Crippen molar-refractivity contribution in [1.29, 1.82) is 0 Å². The molecule has 0 atom stereocenters. The molecule has 7 heteroatoms. The average Bonchev–Trinajstić information content (AvgIpc) is 2.91. The molecular weight excluding hydrogens is 292 g/mol. The average molecular weight is 312 g/mol. The summed E-state index contributed by atoms with van der Waals surface area (Å²) in [4.78, 5) is 10.7. The summed E-state index contributed by atoms with van der Waals surface area (Å²) in [5, 5.41) is 8.85. The van der Waals surface area contributed by atoms with E-state index in [4.69, 9.17) is 10.8 Å². The predicted octanol–water partition coefficient (Wildman–Crippen LogP) is 1.83. The van der Waals surface area contributed by atoms with Crippen molar-refractivity contribution in [2.75, 3.05) is 12.3 Å². The van der Waals surface area contributed by atoms with Gasteiger partial charge >= 0.3 is 5.97 Å². The lowest BCUT2D eigenvalue weighted by atomic mass is 10.1. The molecule has 0 aromatic heterocycles. The molecule has 1 fully saturated rings. The molecule has 0 amide bonds. The van der Waals surface area contributed by atoms with Crippen molar-refractivity contribution in [2.45, 2.75) is 37.0 Å². The fraction of sp³-hybridized carbons (Fsp3) is 0.500. The minimum atomic E-state index is -3.69. The van der Waals surface area contributed by atoms with Crippen LogP contribution in [0.5, 0.6) is 0 Å². The summed E-state index contributed by atoms with van der Waals surface area (Å²) in [7, 11) is -3.69. The van der Waals surface area contributed by atoms with Gasteiger partial charge < -0.3 is 10.8 Å². The SMILES string of the molecule is Nc1cc(C(=O)O)ccc1S(=O)(=O)NCCC1CCCC1. The Morgan fingerprint density at radius 1 is 1.33 bits per heavy atom. The van der Waals surface area contributed by atoms with Gasteiger partial charge in [0.25, 0.3) is 0 Å². The highest BCUT2D eigenvalue weighted by molar-refractivity contribution is 7.89. The molecule has 1 aliphatic rings. The molecule has 0 radical (unpaired) electrons. The fourth-order valence-corrected chi connectivity index (χ4v) is 3.86. The van der Waals surface area contributed by atoms with Crippen molar-refractivity contribution < 1.29 is 18.3 Å². The molecule has 0 saturated heterocycles. The first-order valence-electron chi connectivity index (χ1n) is 7.02. The standard InChI is InChI=1S/C14H20N2O4S/c15-12-9-11(14(17)18)5-6-13(12)21(19,20)16-8-7-10-3-1-2-4-10/h5-6,9-10,16H,1-4,7-8,15H2,(H,17,18). The van der Waals surface area contributed by atoms with E-state index in [1.807, 2.05) is 0 Å². The van der Waals surface area contributed by atoms with E-state index in [-0.39, 0.29) is 16.1 Å². The van der Waals surface area contributed by atoms with Gasteiger partial charge in [0.1, 0.15) is 4.90 Å². The van der Waals surface area contributed by atoms with Gasteiger partial charge in [-0.2, -0.15) is 0 Å². The number of carboxylic acids is 1. The lowest BCUT2D eigenvalue weighted by molar-refractivity contribution is 0.0697. The number of sulfonamides is 1. The second kappa shape index (κ2) is 6.44. The summed E-state index contributed by atoms with van der Waals surface area (Å²) < 4.78 is 26.9. The number of hydrogen-bond donors (Lipinski definition) is 3. The number of nitrogens with one attached hydrogen (secondary N) is 1. The number of nitrogens with two attached hydrogens (primary N) is 1. The first-order chi connectivity index (χ1) is 9.90. The molecule has 21 heavy (non-hydrogen) atoms. The molecule has 1 saturated carbocycles. The van der Waals surface area contributed by atoms with Crippen molar-refractivity contribution >= 4 is 21.7 Å². The van der Waals surface area contributed by atoms with Gasteiger partial charge in [-0.1, -0.05) is 25.7 Å². The lowest BCUT2D eigenvalue weighted by Crippen LogP contribution is -2.26. The number of nitrogen functional groups attached to an aromatic ring is 1. The number of carbonyl (C=O) groups is 1. The van der Waals surface area contributed by atoms with Crippen LogP contribution in [0.15, 0.2) is 23.1 Å². The van der Waals surface area contributed by atoms with Crippen LogP contribution in [-0.4, -0.2) is 26.0 Å². The maximum atomic E-state index is 12.2. The van der Waals surface area contributed by atoms with Gasteiger partial charge in [-0.05, 0) is 30.5 Å². The Balaban J connectivity index is 2.03. The van der Waals surface area contributed by atoms with Gasteiger partial charge in [-0.25, -0.2) is 17.9 Å². The molecule has 0 heterocycles. The van der Waals surface area contributed by atoms with E-state index in [0.717, 1.165) is 25.3 Å². The summed E-state index contributed by atoms with van der Waals surface area (Å²) >= 11 is 0. The molecule has 2 rings (SSSR count). The van der Waals surface area contributed by atoms with Crippen LogP contribution in [0.25, 0.3) is 0 Å². The van der Waals surface area contributed by atoms with Crippen molar-refractivity contribution in [1.82, 2.24) is 4.72 Å². The van der Waals surface area contributed by atoms with Crippen LogP contribution in [0.3, 0.4) is 0 Å². The number of aromatic carboxylic acids is 1. The fourth-order valence-electron chi connectivity index (χ4n) is 2.70. The van der Waals surface area contributed by atoms with Gasteiger partial charge in [0, 0.05) is 6.54 Å². The molecule has 0 bridgehead atoms. The van der Waals surface area contributed by atoms with Crippen LogP contribution in [0, 0.1) is 5.92 Å². The number of anilines is 1. The summed E-state index contributed by atoms with van der Waals surface area (Å²) in [6, 6.07) is 3.63.